The van der Waals surface area contributed by atoms with Crippen LogP contribution in [-0.4, -0.2) is 25.8 Å². The number of carbonyl (C=O) groups is 1. The minimum atomic E-state index is -1.02. The monoisotopic (exact) mass is 454 g/mol. The number of hydrogen-bond acceptors (Lipinski definition) is 6. The van der Waals surface area contributed by atoms with E-state index in [1.165, 1.54) is 6.07 Å². The number of rotatable bonds is 5. The Balaban J connectivity index is 1.64. The fraction of sp³-hybridized carbons (Fsp3) is 0.154. The van der Waals surface area contributed by atoms with Gasteiger partial charge in [-0.3, -0.25) is 9.48 Å². The summed E-state index contributed by atoms with van der Waals surface area (Å²) in [6, 6.07) is 15.2. The molecule has 3 heterocycles. The average molecular weight is 454 g/mol. The maximum absolute atomic E-state index is 13.1. The highest BCUT2D eigenvalue weighted by Crippen LogP contribution is 2.31. The van der Waals surface area contributed by atoms with E-state index >= 15 is 0 Å². The van der Waals surface area contributed by atoms with Gasteiger partial charge in [-0.2, -0.15) is 5.10 Å². The average Bonchev–Trinajstić information content (AvgIpc) is 3.19. The molecule has 5 rings (SSSR count). The zero-order valence-electron chi connectivity index (χ0n) is 18.9. The molecule has 0 saturated carbocycles. The predicted octanol–water partition coefficient (Wildman–Crippen LogP) is 4.92. The van der Waals surface area contributed by atoms with Crippen molar-refractivity contribution in [2.45, 2.75) is 19.9 Å². The molecule has 0 aliphatic carbocycles. The number of aromatic carboxylic acids is 1. The number of anilines is 1. The standard InChI is InChI=1S/C26H22N4O4/c1-14-10-17(15(2)28-19-7-5-4-6-16(19)26(32)33)25-18(11-14)23(31)12-24(34-25)20-8-9-22-21(29-20)13-27-30(22)3/h4-13,15,28H,1-3H3,(H,32,33). The molecule has 5 aromatic rings. The minimum absolute atomic E-state index is 0.169. The number of aryl methyl sites for hydroxylation is 2. The number of para-hydroxylation sites is 1. The molecule has 170 valence electrons. The van der Waals surface area contributed by atoms with Crippen molar-refractivity contribution in [2.75, 3.05) is 5.32 Å². The van der Waals surface area contributed by atoms with Crippen LogP contribution in [0.3, 0.4) is 0 Å². The first-order chi connectivity index (χ1) is 16.3. The third kappa shape index (κ3) is 3.69. The van der Waals surface area contributed by atoms with Crippen molar-refractivity contribution < 1.29 is 14.3 Å². The lowest BCUT2D eigenvalue weighted by molar-refractivity contribution is 0.0698. The van der Waals surface area contributed by atoms with Crippen molar-refractivity contribution in [3.05, 3.63) is 87.7 Å². The predicted molar refractivity (Wildman–Crippen MR) is 130 cm³/mol. The molecule has 0 spiro atoms. The summed E-state index contributed by atoms with van der Waals surface area (Å²) in [7, 11) is 1.84. The lowest BCUT2D eigenvalue weighted by atomic mass is 10.0. The van der Waals surface area contributed by atoms with Gasteiger partial charge in [-0.1, -0.05) is 18.2 Å². The van der Waals surface area contributed by atoms with Crippen LogP contribution in [0, 0.1) is 6.92 Å². The van der Waals surface area contributed by atoms with Crippen molar-refractivity contribution in [1.29, 1.82) is 0 Å². The van der Waals surface area contributed by atoms with Crippen LogP contribution in [0.5, 0.6) is 0 Å². The number of aromatic nitrogens is 3. The molecule has 2 N–H and O–H groups in total. The molecule has 1 unspecified atom stereocenters. The van der Waals surface area contributed by atoms with Gasteiger partial charge >= 0.3 is 5.97 Å². The van der Waals surface area contributed by atoms with Crippen molar-refractivity contribution in [3.63, 3.8) is 0 Å². The van der Waals surface area contributed by atoms with E-state index in [1.54, 1.807) is 47.3 Å². The lowest BCUT2D eigenvalue weighted by Crippen LogP contribution is -2.12. The Morgan fingerprint density at radius 3 is 2.74 bits per heavy atom. The van der Waals surface area contributed by atoms with Gasteiger partial charge in [0.05, 0.1) is 28.7 Å². The molecule has 3 aromatic heterocycles. The minimum Gasteiger partial charge on any atom is -0.478 e. The second kappa shape index (κ2) is 8.15. The number of benzene rings is 2. The Morgan fingerprint density at radius 2 is 1.94 bits per heavy atom. The summed E-state index contributed by atoms with van der Waals surface area (Å²) in [6.07, 6.45) is 1.67. The molecule has 0 saturated heterocycles. The highest BCUT2D eigenvalue weighted by Gasteiger charge is 2.19. The Morgan fingerprint density at radius 1 is 1.15 bits per heavy atom. The second-order valence-corrected chi connectivity index (χ2v) is 8.29. The number of nitrogens with zero attached hydrogens (tertiary/aromatic N) is 3. The molecular formula is C26H22N4O4. The van der Waals surface area contributed by atoms with Crippen LogP contribution >= 0.6 is 0 Å². The molecule has 8 heteroatoms. The number of pyridine rings is 1. The fourth-order valence-electron chi connectivity index (χ4n) is 4.17. The summed E-state index contributed by atoms with van der Waals surface area (Å²) >= 11 is 0. The maximum Gasteiger partial charge on any atom is 0.337 e. The van der Waals surface area contributed by atoms with Gasteiger partial charge in [0.15, 0.2) is 11.2 Å². The number of carboxylic acids is 1. The number of nitrogens with one attached hydrogen (secondary N) is 1. The summed E-state index contributed by atoms with van der Waals surface area (Å²) in [6.45, 7) is 3.81. The van der Waals surface area contributed by atoms with Gasteiger partial charge in [-0.05, 0) is 49.7 Å². The zero-order valence-corrected chi connectivity index (χ0v) is 18.9. The van der Waals surface area contributed by atoms with E-state index in [0.29, 0.717) is 33.6 Å². The van der Waals surface area contributed by atoms with Crippen molar-refractivity contribution in [1.82, 2.24) is 14.8 Å². The molecule has 34 heavy (non-hydrogen) atoms. The van der Waals surface area contributed by atoms with Gasteiger partial charge < -0.3 is 14.8 Å². The highest BCUT2D eigenvalue weighted by atomic mass is 16.4. The fourth-order valence-corrected chi connectivity index (χ4v) is 4.17. The van der Waals surface area contributed by atoms with Gasteiger partial charge in [0.25, 0.3) is 0 Å². The van der Waals surface area contributed by atoms with Crippen LogP contribution in [0.4, 0.5) is 5.69 Å². The molecule has 0 aliphatic heterocycles. The highest BCUT2D eigenvalue weighted by molar-refractivity contribution is 5.94. The smallest absolute Gasteiger partial charge is 0.337 e. The van der Waals surface area contributed by atoms with Gasteiger partial charge in [-0.25, -0.2) is 9.78 Å². The van der Waals surface area contributed by atoms with Gasteiger partial charge in [0.2, 0.25) is 0 Å². The summed E-state index contributed by atoms with van der Waals surface area (Å²) < 4.78 is 7.99. The summed E-state index contributed by atoms with van der Waals surface area (Å²) in [5, 5.41) is 17.5. The normalized spacial score (nSPS) is 12.2. The first-order valence-corrected chi connectivity index (χ1v) is 10.8. The summed E-state index contributed by atoms with van der Waals surface area (Å²) in [5.41, 5.74) is 4.67. The molecular weight excluding hydrogens is 432 g/mol. The SMILES string of the molecule is Cc1cc(C(C)Nc2ccccc2C(=O)O)c2oc(-c3ccc4c(cnn4C)n3)cc(=O)c2c1. The van der Waals surface area contributed by atoms with Gasteiger partial charge in [-0.15, -0.1) is 0 Å². The third-order valence-corrected chi connectivity index (χ3v) is 5.85. The number of fused-ring (bicyclic) bond motifs is 2. The van der Waals surface area contributed by atoms with E-state index in [9.17, 15) is 14.7 Å². The second-order valence-electron chi connectivity index (χ2n) is 8.29. The maximum atomic E-state index is 13.1. The Labute approximate surface area is 194 Å². The van der Waals surface area contributed by atoms with E-state index in [1.807, 2.05) is 33.0 Å². The summed E-state index contributed by atoms with van der Waals surface area (Å²) in [4.78, 5) is 29.3. The van der Waals surface area contributed by atoms with E-state index in [4.69, 9.17) is 4.42 Å². The summed E-state index contributed by atoms with van der Waals surface area (Å²) in [5.74, 6) is -0.665. The Bertz CT molecular complexity index is 1630. The lowest BCUT2D eigenvalue weighted by Gasteiger charge is -2.19. The third-order valence-electron chi connectivity index (χ3n) is 5.85. The molecule has 2 aromatic carbocycles. The Hall–Kier alpha value is -4.46. The topological polar surface area (TPSA) is 110 Å². The van der Waals surface area contributed by atoms with Gasteiger partial charge in [0.1, 0.15) is 16.8 Å². The van der Waals surface area contributed by atoms with Crippen molar-refractivity contribution >= 4 is 33.7 Å². The number of hydrogen-bond donors (Lipinski definition) is 2. The quantitative estimate of drug-likeness (QED) is 0.388. The first-order valence-electron chi connectivity index (χ1n) is 10.8. The van der Waals surface area contributed by atoms with E-state index in [2.05, 4.69) is 15.4 Å². The van der Waals surface area contributed by atoms with E-state index in [0.717, 1.165) is 16.6 Å². The first kappa shape index (κ1) is 21.4. The molecule has 0 radical (unpaired) electrons. The van der Waals surface area contributed by atoms with Crippen LogP contribution in [0.2, 0.25) is 0 Å². The molecule has 0 aliphatic rings. The van der Waals surface area contributed by atoms with Crippen LogP contribution in [0.1, 0.15) is 34.5 Å². The number of carboxylic acid groups (broad SMARTS) is 1. The Kier molecular flexibility index (Phi) is 5.13. The van der Waals surface area contributed by atoms with Crippen LogP contribution in [0.25, 0.3) is 33.5 Å². The molecule has 0 bridgehead atoms. The van der Waals surface area contributed by atoms with Crippen LogP contribution < -0.4 is 10.7 Å². The molecule has 1 atom stereocenters. The van der Waals surface area contributed by atoms with Crippen LogP contribution in [0.15, 0.2) is 70.0 Å². The molecule has 0 fully saturated rings. The van der Waals surface area contributed by atoms with E-state index < -0.39 is 5.97 Å². The van der Waals surface area contributed by atoms with Gasteiger partial charge in [0, 0.05) is 24.4 Å². The van der Waals surface area contributed by atoms with Crippen molar-refractivity contribution in [3.8, 4) is 11.5 Å². The van der Waals surface area contributed by atoms with Crippen LogP contribution in [-0.2, 0) is 7.05 Å². The molecule has 8 nitrogen and oxygen atoms in total. The van der Waals surface area contributed by atoms with Crippen molar-refractivity contribution in [2.24, 2.45) is 7.05 Å². The van der Waals surface area contributed by atoms with E-state index in [-0.39, 0.29) is 17.0 Å². The zero-order chi connectivity index (χ0) is 24.0. The largest absolute Gasteiger partial charge is 0.478 e. The molecule has 0 amide bonds.